The molecule has 0 fully saturated rings. The lowest BCUT2D eigenvalue weighted by Gasteiger charge is -2.04. The minimum absolute atomic E-state index is 0. The topological polar surface area (TPSA) is 47.7 Å². The van der Waals surface area contributed by atoms with Crippen LogP contribution in [0.4, 0.5) is 0 Å². The molecular weight excluding hydrogens is 286 g/mol. The molecule has 2 rings (SSSR count). The van der Waals surface area contributed by atoms with Gasteiger partial charge in [-0.05, 0) is 19.8 Å². The van der Waals surface area contributed by atoms with E-state index in [1.807, 2.05) is 21.8 Å². The summed E-state index contributed by atoms with van der Waals surface area (Å²) in [7, 11) is 0. The minimum atomic E-state index is 0. The molecule has 0 radical (unpaired) electrons. The first kappa shape index (κ1) is 17.7. The van der Waals surface area contributed by atoms with E-state index in [0.717, 1.165) is 19.6 Å². The second-order valence-electron chi connectivity index (χ2n) is 5.99. The lowest BCUT2D eigenvalue weighted by Crippen LogP contribution is -2.12. The van der Waals surface area contributed by atoms with Gasteiger partial charge in [-0.15, -0.1) is 12.4 Å². The van der Waals surface area contributed by atoms with Crippen molar-refractivity contribution in [1.29, 1.82) is 0 Å². The van der Waals surface area contributed by atoms with E-state index in [-0.39, 0.29) is 12.4 Å². The lowest BCUT2D eigenvalue weighted by atomic mass is 10.2. The van der Waals surface area contributed by atoms with E-state index in [2.05, 4.69) is 55.6 Å². The summed E-state index contributed by atoms with van der Waals surface area (Å²) >= 11 is 0. The summed E-state index contributed by atoms with van der Waals surface area (Å²) in [6.07, 6.45) is 8.08. The zero-order valence-corrected chi connectivity index (χ0v) is 14.1. The van der Waals surface area contributed by atoms with E-state index < -0.39 is 0 Å². The molecule has 0 aliphatic rings. The lowest BCUT2D eigenvalue weighted by molar-refractivity contribution is 0.482. The molecule has 0 saturated carbocycles. The maximum Gasteiger partial charge on any atom is 0.0534 e. The van der Waals surface area contributed by atoms with E-state index in [9.17, 15) is 0 Å². The summed E-state index contributed by atoms with van der Waals surface area (Å²) in [5.74, 6) is 0.623. The molecule has 0 amide bonds. The van der Waals surface area contributed by atoms with Crippen LogP contribution in [0.25, 0.3) is 0 Å². The third-order valence-electron chi connectivity index (χ3n) is 3.08. The normalized spacial score (nSPS) is 11.1. The summed E-state index contributed by atoms with van der Waals surface area (Å²) < 4.78 is 4.00. The molecule has 1 N–H and O–H groups in total. The van der Waals surface area contributed by atoms with E-state index >= 15 is 0 Å². The Bertz CT molecular complexity index is 530. The minimum Gasteiger partial charge on any atom is -0.308 e. The smallest absolute Gasteiger partial charge is 0.0534 e. The van der Waals surface area contributed by atoms with Crippen molar-refractivity contribution >= 4 is 12.4 Å². The molecule has 2 aromatic rings. The molecule has 21 heavy (non-hydrogen) atoms. The molecule has 5 nitrogen and oxygen atoms in total. The quantitative estimate of drug-likeness (QED) is 0.855. The number of rotatable bonds is 7. The number of halogens is 1. The summed E-state index contributed by atoms with van der Waals surface area (Å²) in [5.41, 5.74) is 2.44. The van der Waals surface area contributed by atoms with Crippen LogP contribution < -0.4 is 5.32 Å². The second-order valence-corrected chi connectivity index (χ2v) is 5.99. The van der Waals surface area contributed by atoms with Crippen molar-refractivity contribution < 1.29 is 0 Å². The van der Waals surface area contributed by atoms with Crippen LogP contribution in [0.1, 0.15) is 44.9 Å². The van der Waals surface area contributed by atoms with Gasteiger partial charge in [0.1, 0.15) is 0 Å². The molecule has 0 aliphatic carbocycles. The first-order valence-corrected chi connectivity index (χ1v) is 7.29. The van der Waals surface area contributed by atoms with Gasteiger partial charge in [0.2, 0.25) is 0 Å². The molecule has 0 spiro atoms. The van der Waals surface area contributed by atoms with Crippen LogP contribution in [0.2, 0.25) is 0 Å². The van der Waals surface area contributed by atoms with Crippen LogP contribution in [0.3, 0.4) is 0 Å². The number of nitrogens with zero attached hydrogens (tertiary/aromatic N) is 4. The summed E-state index contributed by atoms with van der Waals surface area (Å²) in [6.45, 7) is 11.3. The Hall–Kier alpha value is -1.33. The van der Waals surface area contributed by atoms with Gasteiger partial charge in [-0.3, -0.25) is 9.36 Å². The van der Waals surface area contributed by atoms with Crippen LogP contribution >= 0.6 is 12.4 Å². The van der Waals surface area contributed by atoms with Crippen LogP contribution in [0.5, 0.6) is 0 Å². The maximum absolute atomic E-state index is 4.37. The predicted octanol–water partition coefficient (Wildman–Crippen LogP) is 3.03. The van der Waals surface area contributed by atoms with Crippen molar-refractivity contribution in [2.75, 3.05) is 0 Å². The summed E-state index contributed by atoms with van der Waals surface area (Å²) in [5, 5.41) is 12.1. The molecule has 6 heteroatoms. The van der Waals surface area contributed by atoms with E-state index in [1.165, 1.54) is 11.1 Å². The van der Waals surface area contributed by atoms with E-state index in [4.69, 9.17) is 0 Å². The highest BCUT2D eigenvalue weighted by atomic mass is 35.5. The largest absolute Gasteiger partial charge is 0.308 e. The van der Waals surface area contributed by atoms with Gasteiger partial charge in [0, 0.05) is 49.2 Å². The van der Waals surface area contributed by atoms with Gasteiger partial charge in [0.15, 0.2) is 0 Å². The molecular formula is C15H26ClN5. The van der Waals surface area contributed by atoms with Gasteiger partial charge in [0.05, 0.1) is 12.4 Å². The van der Waals surface area contributed by atoms with Gasteiger partial charge < -0.3 is 5.32 Å². The fourth-order valence-electron chi connectivity index (χ4n) is 2.07. The highest BCUT2D eigenvalue weighted by Crippen LogP contribution is 2.06. The Labute approximate surface area is 133 Å². The first-order valence-electron chi connectivity index (χ1n) is 7.29. The standard InChI is InChI=1S/C15H25N5.ClH/c1-12(2)9-19-10-14(7-17-19)5-16-6-15-8-18-20(11-15)13(3)4;/h7-8,10-13,16H,5-6,9H2,1-4H3;1H. The average molecular weight is 312 g/mol. The molecule has 0 aliphatic heterocycles. The monoisotopic (exact) mass is 311 g/mol. The Balaban J connectivity index is 0.00000220. The van der Waals surface area contributed by atoms with Gasteiger partial charge in [-0.1, -0.05) is 13.8 Å². The fourth-order valence-corrected chi connectivity index (χ4v) is 2.07. The highest BCUT2D eigenvalue weighted by molar-refractivity contribution is 5.85. The Morgan fingerprint density at radius 1 is 1.00 bits per heavy atom. The second kappa shape index (κ2) is 8.20. The molecule has 2 heterocycles. The molecule has 0 aromatic carbocycles. The Morgan fingerprint density at radius 3 is 2.19 bits per heavy atom. The van der Waals surface area contributed by atoms with Crippen LogP contribution in [0, 0.1) is 5.92 Å². The third kappa shape index (κ3) is 5.52. The predicted molar refractivity (Wildman–Crippen MR) is 87.5 cm³/mol. The van der Waals surface area contributed by atoms with Gasteiger partial charge >= 0.3 is 0 Å². The first-order chi connectivity index (χ1) is 9.54. The summed E-state index contributed by atoms with van der Waals surface area (Å²) in [6, 6.07) is 0.415. The molecule has 0 atom stereocenters. The molecule has 0 saturated heterocycles. The number of nitrogens with one attached hydrogen (secondary N) is 1. The van der Waals surface area contributed by atoms with Crippen LogP contribution in [-0.4, -0.2) is 19.6 Å². The third-order valence-corrected chi connectivity index (χ3v) is 3.08. The van der Waals surface area contributed by atoms with Crippen LogP contribution in [-0.2, 0) is 19.6 Å². The van der Waals surface area contributed by atoms with Crippen molar-refractivity contribution in [2.45, 2.75) is 53.4 Å². The maximum atomic E-state index is 4.37. The van der Waals surface area contributed by atoms with Gasteiger partial charge in [0.25, 0.3) is 0 Å². The van der Waals surface area contributed by atoms with Crippen molar-refractivity contribution in [3.05, 3.63) is 35.9 Å². The number of hydrogen-bond acceptors (Lipinski definition) is 3. The van der Waals surface area contributed by atoms with Crippen molar-refractivity contribution in [3.8, 4) is 0 Å². The number of hydrogen-bond donors (Lipinski definition) is 1. The Morgan fingerprint density at radius 2 is 1.62 bits per heavy atom. The number of aromatic nitrogens is 4. The highest BCUT2D eigenvalue weighted by Gasteiger charge is 2.03. The summed E-state index contributed by atoms with van der Waals surface area (Å²) in [4.78, 5) is 0. The van der Waals surface area contributed by atoms with Crippen molar-refractivity contribution in [3.63, 3.8) is 0 Å². The fraction of sp³-hybridized carbons (Fsp3) is 0.600. The zero-order valence-electron chi connectivity index (χ0n) is 13.3. The SMILES string of the molecule is CC(C)Cn1cc(CNCc2cnn(C(C)C)c2)cn1.Cl. The molecule has 0 bridgehead atoms. The van der Waals surface area contributed by atoms with E-state index in [0.29, 0.717) is 12.0 Å². The van der Waals surface area contributed by atoms with Gasteiger partial charge in [-0.2, -0.15) is 10.2 Å². The molecule has 2 aromatic heterocycles. The van der Waals surface area contributed by atoms with Crippen LogP contribution in [0.15, 0.2) is 24.8 Å². The molecule has 0 unspecified atom stereocenters. The molecule has 118 valence electrons. The average Bonchev–Trinajstić information content (AvgIpc) is 2.98. The van der Waals surface area contributed by atoms with Gasteiger partial charge in [-0.25, -0.2) is 0 Å². The Kier molecular flexibility index (Phi) is 6.92. The van der Waals surface area contributed by atoms with Crippen molar-refractivity contribution in [2.24, 2.45) is 5.92 Å². The zero-order chi connectivity index (χ0) is 14.5. The van der Waals surface area contributed by atoms with Crippen molar-refractivity contribution in [1.82, 2.24) is 24.9 Å². The van der Waals surface area contributed by atoms with E-state index in [1.54, 1.807) is 0 Å².